The molecule has 9 nitrogen and oxygen atoms in total. The first-order valence-electron chi connectivity index (χ1n) is 16.9. The number of methoxy groups -OCH3 is 1. The SMILES string of the molecule is CCCCCCCOc1ccc(C2/C(=C(\O)c3ccc(OCCCC)cc3)C(=O)C(=O)N2c2nnc(SCc3ccccc3F)s2)cc1OC. The molecule has 5 rings (SSSR count). The van der Waals surface area contributed by atoms with Crippen molar-refractivity contribution in [3.63, 3.8) is 0 Å². The van der Waals surface area contributed by atoms with E-state index in [2.05, 4.69) is 24.0 Å². The summed E-state index contributed by atoms with van der Waals surface area (Å²) >= 11 is 2.38. The molecule has 1 saturated heterocycles. The highest BCUT2D eigenvalue weighted by Crippen LogP contribution is 2.46. The fourth-order valence-corrected chi connectivity index (χ4v) is 7.37. The second-order valence-corrected chi connectivity index (χ2v) is 14.0. The third-order valence-electron chi connectivity index (χ3n) is 8.26. The number of benzene rings is 3. The molecule has 1 aromatic heterocycles. The summed E-state index contributed by atoms with van der Waals surface area (Å²) < 4.78 is 32.3. The number of hydrogen-bond acceptors (Lipinski definition) is 10. The molecule has 1 aliphatic rings. The molecule has 0 spiro atoms. The van der Waals surface area contributed by atoms with Gasteiger partial charge >= 0.3 is 5.91 Å². The van der Waals surface area contributed by atoms with Crippen LogP contribution < -0.4 is 19.1 Å². The van der Waals surface area contributed by atoms with Gasteiger partial charge in [-0.05, 0) is 66.4 Å². The van der Waals surface area contributed by atoms with Crippen LogP contribution in [-0.4, -0.2) is 47.3 Å². The number of rotatable bonds is 18. The summed E-state index contributed by atoms with van der Waals surface area (Å²) in [5.74, 6) is -0.485. The van der Waals surface area contributed by atoms with Crippen molar-refractivity contribution in [1.29, 1.82) is 0 Å². The summed E-state index contributed by atoms with van der Waals surface area (Å²) in [5, 5.41) is 20.3. The number of halogens is 1. The fourth-order valence-electron chi connectivity index (χ4n) is 5.52. The first kappa shape index (κ1) is 36.9. The minimum atomic E-state index is -1.05. The number of Topliss-reactive ketones (excluding diaryl/α,β-unsaturated/α-hetero) is 1. The molecule has 0 bridgehead atoms. The predicted molar refractivity (Wildman–Crippen MR) is 195 cm³/mol. The van der Waals surface area contributed by atoms with E-state index in [1.807, 2.05) is 0 Å². The van der Waals surface area contributed by atoms with Crippen molar-refractivity contribution >= 4 is 45.7 Å². The molecule has 3 aromatic carbocycles. The van der Waals surface area contributed by atoms with Gasteiger partial charge in [0.15, 0.2) is 15.8 Å². The number of carbonyl (C=O) groups is 2. The van der Waals surface area contributed by atoms with Gasteiger partial charge in [0.2, 0.25) is 5.13 Å². The number of anilines is 1. The topological polar surface area (TPSA) is 111 Å². The molecule has 1 unspecified atom stereocenters. The van der Waals surface area contributed by atoms with Gasteiger partial charge in [0.05, 0.1) is 31.9 Å². The number of nitrogens with zero attached hydrogens (tertiary/aromatic N) is 3. The summed E-state index contributed by atoms with van der Waals surface area (Å²) in [6.07, 6.45) is 7.38. The molecule has 0 radical (unpaired) electrons. The Morgan fingerprint density at radius 2 is 1.64 bits per heavy atom. The molecule has 1 fully saturated rings. The number of hydrogen-bond donors (Lipinski definition) is 1. The van der Waals surface area contributed by atoms with Crippen molar-refractivity contribution in [3.8, 4) is 17.2 Å². The number of ether oxygens (including phenoxy) is 3. The van der Waals surface area contributed by atoms with Gasteiger partial charge in [-0.15, -0.1) is 10.2 Å². The van der Waals surface area contributed by atoms with Crippen molar-refractivity contribution in [2.45, 2.75) is 74.9 Å². The van der Waals surface area contributed by atoms with E-state index in [-0.39, 0.29) is 22.3 Å². The number of amides is 1. The first-order valence-corrected chi connectivity index (χ1v) is 18.7. The molecule has 0 aliphatic carbocycles. The van der Waals surface area contributed by atoms with Crippen LogP contribution in [-0.2, 0) is 15.3 Å². The molecule has 2 heterocycles. The van der Waals surface area contributed by atoms with E-state index in [0.717, 1.165) is 49.9 Å². The monoisotopic (exact) mass is 719 g/mol. The maximum Gasteiger partial charge on any atom is 0.301 e. The van der Waals surface area contributed by atoms with Crippen molar-refractivity contribution < 1.29 is 33.3 Å². The molecule has 0 saturated carbocycles. The Bertz CT molecular complexity index is 1800. The van der Waals surface area contributed by atoms with Crippen molar-refractivity contribution in [3.05, 3.63) is 94.8 Å². The molecule has 1 amide bonds. The molecular formula is C38H42FN3O6S2. The second kappa shape index (κ2) is 18.0. The zero-order valence-corrected chi connectivity index (χ0v) is 30.2. The van der Waals surface area contributed by atoms with Crippen LogP contribution >= 0.6 is 23.1 Å². The number of aliphatic hydroxyl groups is 1. The largest absolute Gasteiger partial charge is 0.507 e. The van der Waals surface area contributed by atoms with Crippen LogP contribution in [0, 0.1) is 5.82 Å². The Morgan fingerprint density at radius 3 is 2.38 bits per heavy atom. The van der Waals surface area contributed by atoms with E-state index < -0.39 is 17.7 Å². The number of thioether (sulfide) groups is 1. The Morgan fingerprint density at radius 1 is 0.900 bits per heavy atom. The number of ketones is 1. The van der Waals surface area contributed by atoms with E-state index in [9.17, 15) is 19.1 Å². The lowest BCUT2D eigenvalue weighted by Gasteiger charge is -2.23. The highest BCUT2D eigenvalue weighted by atomic mass is 32.2. The number of aromatic nitrogens is 2. The highest BCUT2D eigenvalue weighted by Gasteiger charge is 2.48. The Balaban J connectivity index is 1.48. The van der Waals surface area contributed by atoms with Gasteiger partial charge in [0.1, 0.15) is 17.3 Å². The smallest absolute Gasteiger partial charge is 0.301 e. The van der Waals surface area contributed by atoms with Crippen LogP contribution in [0.1, 0.15) is 81.5 Å². The average molecular weight is 720 g/mol. The van der Waals surface area contributed by atoms with Crippen LogP contribution in [0.4, 0.5) is 9.52 Å². The lowest BCUT2D eigenvalue weighted by molar-refractivity contribution is -0.132. The lowest BCUT2D eigenvalue weighted by Crippen LogP contribution is -2.29. The normalized spacial score (nSPS) is 15.4. The molecular weight excluding hydrogens is 678 g/mol. The van der Waals surface area contributed by atoms with Gasteiger partial charge in [0, 0.05) is 11.3 Å². The fraction of sp³-hybridized carbons (Fsp3) is 0.368. The van der Waals surface area contributed by atoms with E-state index in [0.29, 0.717) is 57.2 Å². The summed E-state index contributed by atoms with van der Waals surface area (Å²) in [5.41, 5.74) is 1.27. The van der Waals surface area contributed by atoms with Gasteiger partial charge in [0.25, 0.3) is 5.78 Å². The second-order valence-electron chi connectivity index (χ2n) is 11.8. The molecule has 1 N–H and O–H groups in total. The third kappa shape index (κ3) is 8.83. The third-order valence-corrected chi connectivity index (χ3v) is 10.4. The quantitative estimate of drug-likeness (QED) is 0.0269. The maximum atomic E-state index is 14.3. The van der Waals surface area contributed by atoms with Crippen molar-refractivity contribution in [2.75, 3.05) is 25.2 Å². The summed E-state index contributed by atoms with van der Waals surface area (Å²) in [6, 6.07) is 17.4. The Kier molecular flexibility index (Phi) is 13.3. The molecule has 1 atom stereocenters. The number of aliphatic hydroxyl groups excluding tert-OH is 1. The van der Waals surface area contributed by atoms with Gasteiger partial charge in [-0.25, -0.2) is 4.39 Å². The van der Waals surface area contributed by atoms with Crippen LogP contribution in [0.15, 0.2) is 76.6 Å². The Labute approximate surface area is 300 Å². The average Bonchev–Trinajstić information content (AvgIpc) is 3.70. The van der Waals surface area contributed by atoms with Crippen molar-refractivity contribution in [2.24, 2.45) is 0 Å². The minimum Gasteiger partial charge on any atom is -0.507 e. The van der Waals surface area contributed by atoms with E-state index >= 15 is 0 Å². The minimum absolute atomic E-state index is 0.0999. The lowest BCUT2D eigenvalue weighted by atomic mass is 9.95. The van der Waals surface area contributed by atoms with Gasteiger partial charge in [-0.1, -0.05) is 93.3 Å². The number of unbranched alkanes of at least 4 members (excludes halogenated alkanes) is 5. The van der Waals surface area contributed by atoms with Gasteiger partial charge in [-0.2, -0.15) is 0 Å². The van der Waals surface area contributed by atoms with Gasteiger partial charge in [-0.3, -0.25) is 14.5 Å². The summed E-state index contributed by atoms with van der Waals surface area (Å²) in [6.45, 7) is 5.34. The zero-order valence-electron chi connectivity index (χ0n) is 28.5. The van der Waals surface area contributed by atoms with Crippen molar-refractivity contribution in [1.82, 2.24) is 10.2 Å². The van der Waals surface area contributed by atoms with E-state index in [4.69, 9.17) is 14.2 Å². The van der Waals surface area contributed by atoms with Crippen LogP contribution in [0.3, 0.4) is 0 Å². The highest BCUT2D eigenvalue weighted by molar-refractivity contribution is 8.00. The van der Waals surface area contributed by atoms with Crippen LogP contribution in [0.5, 0.6) is 17.2 Å². The number of carbonyl (C=O) groups excluding carboxylic acids is 2. The molecule has 264 valence electrons. The van der Waals surface area contributed by atoms with Crippen LogP contribution in [0.25, 0.3) is 5.76 Å². The van der Waals surface area contributed by atoms with Crippen LogP contribution in [0.2, 0.25) is 0 Å². The van der Waals surface area contributed by atoms with E-state index in [1.54, 1.807) is 60.7 Å². The molecule has 50 heavy (non-hydrogen) atoms. The molecule has 4 aromatic rings. The standard InChI is InChI=1S/C38H42FN3O6S2/c1-4-6-8-9-12-22-48-30-20-17-26(23-31(30)46-3)33-32(34(43)25-15-18-28(19-16-25)47-21-7-5-2)35(44)36(45)42(33)37-40-41-38(50-37)49-24-27-13-10-11-14-29(27)39/h10-11,13-20,23,33,43H,4-9,12,21-22,24H2,1-3H3/b34-32+. The van der Waals surface area contributed by atoms with Gasteiger partial charge < -0.3 is 19.3 Å². The summed E-state index contributed by atoms with van der Waals surface area (Å²) in [7, 11) is 1.53. The predicted octanol–water partition coefficient (Wildman–Crippen LogP) is 9.13. The summed E-state index contributed by atoms with van der Waals surface area (Å²) in [4.78, 5) is 28.8. The Hall–Kier alpha value is -4.42. The van der Waals surface area contributed by atoms with E-state index in [1.165, 1.54) is 36.3 Å². The maximum absolute atomic E-state index is 14.3. The zero-order chi connectivity index (χ0) is 35.5. The molecule has 1 aliphatic heterocycles. The first-order chi connectivity index (χ1) is 24.4. The molecule has 12 heteroatoms.